The fraction of sp³-hybridized carbons (Fsp3) is 0. The van der Waals surface area contributed by atoms with E-state index in [1.165, 1.54) is 32.6 Å². The average molecular weight is 361 g/mol. The highest BCUT2D eigenvalue weighted by atomic mass is 28.2. The Morgan fingerprint density at radius 3 is 1.22 bits per heavy atom. The Morgan fingerprint density at radius 2 is 0.778 bits per heavy atom. The van der Waals surface area contributed by atoms with Crippen LogP contribution in [0.4, 0.5) is 0 Å². The van der Waals surface area contributed by atoms with Gasteiger partial charge in [0.15, 0.2) is 0 Å². The summed E-state index contributed by atoms with van der Waals surface area (Å²) in [6.45, 7) is 0. The van der Waals surface area contributed by atoms with Crippen molar-refractivity contribution in [1.29, 1.82) is 0 Å². The molecule has 4 rings (SSSR count). The molecule has 2 radical (unpaired) electrons. The number of hydrogen-bond donors (Lipinski definition) is 0. The molecule has 0 aliphatic carbocycles. The van der Waals surface area contributed by atoms with Crippen LogP contribution in [0.2, 0.25) is 0 Å². The molecule has 27 heavy (non-hydrogen) atoms. The van der Waals surface area contributed by atoms with Crippen LogP contribution in [0.5, 0.6) is 0 Å². The molecule has 0 amide bonds. The van der Waals surface area contributed by atoms with Crippen LogP contribution < -0.4 is 5.19 Å². The SMILES string of the molecule is c1ccc([Si]C(=C(c2ccccc2)c2ccccc2)c2ccccc2)cc1. The van der Waals surface area contributed by atoms with E-state index in [0.29, 0.717) is 9.52 Å². The third-order valence-electron chi connectivity index (χ3n) is 4.48. The van der Waals surface area contributed by atoms with Gasteiger partial charge >= 0.3 is 0 Å². The first-order valence-corrected chi connectivity index (χ1v) is 10.1. The fourth-order valence-corrected chi connectivity index (χ4v) is 4.59. The molecule has 0 bridgehead atoms. The van der Waals surface area contributed by atoms with E-state index in [1.807, 2.05) is 0 Å². The van der Waals surface area contributed by atoms with Crippen LogP contribution in [-0.4, -0.2) is 9.52 Å². The van der Waals surface area contributed by atoms with Gasteiger partial charge < -0.3 is 0 Å². The molecule has 0 aliphatic heterocycles. The van der Waals surface area contributed by atoms with Crippen LogP contribution in [0.15, 0.2) is 121 Å². The minimum absolute atomic E-state index is 0.584. The zero-order valence-electron chi connectivity index (χ0n) is 15.0. The third kappa shape index (κ3) is 4.16. The summed E-state index contributed by atoms with van der Waals surface area (Å²) < 4.78 is 0. The summed E-state index contributed by atoms with van der Waals surface area (Å²) in [6.07, 6.45) is 0. The van der Waals surface area contributed by atoms with Gasteiger partial charge in [0.25, 0.3) is 0 Å². The van der Waals surface area contributed by atoms with Crippen LogP contribution in [0.25, 0.3) is 10.8 Å². The highest BCUT2D eigenvalue weighted by Crippen LogP contribution is 2.31. The van der Waals surface area contributed by atoms with E-state index >= 15 is 0 Å². The maximum absolute atomic E-state index is 2.22. The minimum Gasteiger partial charge on any atom is -0.0631 e. The Hall–Kier alpha value is -3.16. The van der Waals surface area contributed by atoms with Gasteiger partial charge in [-0.15, -0.1) is 0 Å². The van der Waals surface area contributed by atoms with Gasteiger partial charge in [-0.2, -0.15) is 0 Å². The summed E-state index contributed by atoms with van der Waals surface area (Å²) in [5.41, 5.74) is 5.10. The first-order chi connectivity index (χ1) is 13.4. The van der Waals surface area contributed by atoms with E-state index in [4.69, 9.17) is 0 Å². The quantitative estimate of drug-likeness (QED) is 0.319. The Balaban J connectivity index is 1.97. The fourth-order valence-electron chi connectivity index (χ4n) is 3.21. The van der Waals surface area contributed by atoms with Crippen molar-refractivity contribution < 1.29 is 0 Å². The summed E-state index contributed by atoms with van der Waals surface area (Å²) >= 11 is 0. The second-order valence-electron chi connectivity index (χ2n) is 6.34. The van der Waals surface area contributed by atoms with E-state index < -0.39 is 0 Å². The zero-order chi connectivity index (χ0) is 18.3. The highest BCUT2D eigenvalue weighted by molar-refractivity contribution is 6.75. The molecular weight excluding hydrogens is 340 g/mol. The van der Waals surface area contributed by atoms with Crippen molar-refractivity contribution in [3.05, 3.63) is 138 Å². The minimum atomic E-state index is 0.584. The summed E-state index contributed by atoms with van der Waals surface area (Å²) in [6, 6.07) is 43.0. The van der Waals surface area contributed by atoms with Gasteiger partial charge in [-0.1, -0.05) is 127 Å². The first kappa shape index (κ1) is 17.3. The monoisotopic (exact) mass is 360 g/mol. The van der Waals surface area contributed by atoms with Crippen molar-refractivity contribution in [2.45, 2.75) is 0 Å². The van der Waals surface area contributed by atoms with Gasteiger partial charge in [-0.25, -0.2) is 0 Å². The van der Waals surface area contributed by atoms with Crippen molar-refractivity contribution >= 4 is 25.5 Å². The maximum atomic E-state index is 2.22. The Kier molecular flexibility index (Phi) is 5.42. The van der Waals surface area contributed by atoms with Gasteiger partial charge in [0, 0.05) is 0 Å². The van der Waals surface area contributed by atoms with Gasteiger partial charge in [0.2, 0.25) is 0 Å². The van der Waals surface area contributed by atoms with Crippen molar-refractivity contribution in [3.63, 3.8) is 0 Å². The lowest BCUT2D eigenvalue weighted by atomic mass is 9.95. The molecule has 0 fully saturated rings. The molecule has 4 aromatic carbocycles. The smallest absolute Gasteiger partial charge is 0.0631 e. The molecule has 0 unspecified atom stereocenters. The van der Waals surface area contributed by atoms with Crippen molar-refractivity contribution in [3.8, 4) is 0 Å². The van der Waals surface area contributed by atoms with Crippen molar-refractivity contribution in [2.75, 3.05) is 0 Å². The maximum Gasteiger partial charge on any atom is 0.123 e. The van der Waals surface area contributed by atoms with Crippen LogP contribution in [0, 0.1) is 0 Å². The second kappa shape index (κ2) is 8.48. The summed E-state index contributed by atoms with van der Waals surface area (Å²) in [7, 11) is 0.584. The zero-order valence-corrected chi connectivity index (χ0v) is 16.0. The third-order valence-corrected chi connectivity index (χ3v) is 5.89. The van der Waals surface area contributed by atoms with E-state index in [9.17, 15) is 0 Å². The van der Waals surface area contributed by atoms with Crippen LogP contribution >= 0.6 is 0 Å². The van der Waals surface area contributed by atoms with Crippen molar-refractivity contribution in [2.24, 2.45) is 0 Å². The van der Waals surface area contributed by atoms with Gasteiger partial charge in [-0.05, 0) is 27.5 Å². The number of rotatable bonds is 5. The largest absolute Gasteiger partial charge is 0.123 e. The molecule has 0 atom stereocenters. The predicted molar refractivity (Wildman–Crippen MR) is 117 cm³/mol. The summed E-state index contributed by atoms with van der Waals surface area (Å²) in [4.78, 5) is 0. The number of benzene rings is 4. The normalized spacial score (nSPS) is 10.4. The van der Waals surface area contributed by atoms with Crippen LogP contribution in [-0.2, 0) is 0 Å². The number of hydrogen-bond acceptors (Lipinski definition) is 0. The van der Waals surface area contributed by atoms with E-state index in [0.717, 1.165) is 0 Å². The Labute approximate surface area is 163 Å². The predicted octanol–water partition coefficient (Wildman–Crippen LogP) is 5.63. The van der Waals surface area contributed by atoms with Gasteiger partial charge in [0.1, 0.15) is 9.52 Å². The first-order valence-electron chi connectivity index (χ1n) is 9.14. The second-order valence-corrected chi connectivity index (χ2v) is 7.67. The topological polar surface area (TPSA) is 0 Å². The van der Waals surface area contributed by atoms with Gasteiger partial charge in [-0.3, -0.25) is 0 Å². The lowest BCUT2D eigenvalue weighted by Gasteiger charge is -2.17. The molecule has 0 saturated carbocycles. The van der Waals surface area contributed by atoms with E-state index in [2.05, 4.69) is 121 Å². The van der Waals surface area contributed by atoms with Crippen LogP contribution in [0.3, 0.4) is 0 Å². The molecule has 4 aromatic rings. The molecule has 0 spiro atoms. The average Bonchev–Trinajstić information content (AvgIpc) is 2.76. The molecule has 128 valence electrons. The van der Waals surface area contributed by atoms with E-state index in [-0.39, 0.29) is 0 Å². The highest BCUT2D eigenvalue weighted by Gasteiger charge is 2.15. The molecule has 0 nitrogen and oxygen atoms in total. The Bertz CT molecular complexity index is 963. The molecule has 0 aromatic heterocycles. The summed E-state index contributed by atoms with van der Waals surface area (Å²) in [5, 5.41) is 2.72. The molecule has 0 aliphatic rings. The standard InChI is InChI=1S/C26H20Si/c1-5-13-21(14-6-1)25(22-15-7-2-8-16-22)26(23-17-9-3-10-18-23)27-24-19-11-4-12-20-24/h1-20H. The lowest BCUT2D eigenvalue weighted by molar-refractivity contribution is 1.54. The lowest BCUT2D eigenvalue weighted by Crippen LogP contribution is -2.17. The van der Waals surface area contributed by atoms with Crippen molar-refractivity contribution in [1.82, 2.24) is 0 Å². The van der Waals surface area contributed by atoms with E-state index in [1.54, 1.807) is 0 Å². The molecular formula is C26H20Si. The molecule has 0 saturated heterocycles. The molecule has 1 heteroatoms. The Morgan fingerprint density at radius 1 is 0.407 bits per heavy atom. The molecule has 0 N–H and O–H groups in total. The van der Waals surface area contributed by atoms with Gasteiger partial charge in [0.05, 0.1) is 0 Å². The molecule has 0 heterocycles. The summed E-state index contributed by atoms with van der Waals surface area (Å²) in [5.74, 6) is 0. The van der Waals surface area contributed by atoms with Crippen LogP contribution in [0.1, 0.15) is 16.7 Å².